The molecule has 0 heterocycles. The summed E-state index contributed by atoms with van der Waals surface area (Å²) in [6, 6.07) is 14.3. The van der Waals surface area contributed by atoms with Gasteiger partial charge in [-0.1, -0.05) is 24.3 Å². The minimum absolute atomic E-state index is 0.122. The van der Waals surface area contributed by atoms with Crippen molar-refractivity contribution in [3.63, 3.8) is 0 Å². The van der Waals surface area contributed by atoms with Gasteiger partial charge in [-0.05, 0) is 42.3 Å². The molecule has 0 radical (unpaired) electrons. The Balaban J connectivity index is 1.82. The van der Waals surface area contributed by atoms with Crippen LogP contribution in [-0.4, -0.2) is 25.1 Å². The number of hydrogen-bond acceptors (Lipinski definition) is 5. The molecule has 0 saturated carbocycles. The predicted molar refractivity (Wildman–Crippen MR) is 94.1 cm³/mol. The number of nitrogens with two attached hydrogens (primary N) is 1. The summed E-state index contributed by atoms with van der Waals surface area (Å²) in [5, 5.41) is 2.85. The van der Waals surface area contributed by atoms with Crippen molar-refractivity contribution in [2.45, 2.75) is 20.0 Å². The Labute approximate surface area is 146 Å². The van der Waals surface area contributed by atoms with Crippen molar-refractivity contribution < 1.29 is 19.1 Å². The van der Waals surface area contributed by atoms with Crippen molar-refractivity contribution in [3.8, 4) is 5.75 Å². The quantitative estimate of drug-likeness (QED) is 0.716. The van der Waals surface area contributed by atoms with Crippen LogP contribution >= 0.6 is 0 Å². The van der Waals surface area contributed by atoms with E-state index in [-0.39, 0.29) is 12.5 Å². The van der Waals surface area contributed by atoms with Crippen LogP contribution in [0.4, 0.5) is 0 Å². The molecule has 2 rings (SSSR count). The zero-order valence-corrected chi connectivity index (χ0v) is 14.2. The summed E-state index contributed by atoms with van der Waals surface area (Å²) in [5.41, 5.74) is 8.04. The van der Waals surface area contributed by atoms with Crippen molar-refractivity contribution in [1.29, 1.82) is 0 Å². The Morgan fingerprint density at radius 1 is 1.00 bits per heavy atom. The van der Waals surface area contributed by atoms with Crippen LogP contribution in [0.2, 0.25) is 0 Å². The average Bonchev–Trinajstić information content (AvgIpc) is 2.65. The zero-order chi connectivity index (χ0) is 18.1. The minimum atomic E-state index is -0.403. The second kappa shape index (κ2) is 9.44. The molecule has 0 atom stereocenters. The second-order valence-electron chi connectivity index (χ2n) is 5.32. The molecule has 0 spiro atoms. The van der Waals surface area contributed by atoms with E-state index >= 15 is 0 Å². The van der Waals surface area contributed by atoms with Crippen LogP contribution in [0.1, 0.15) is 28.4 Å². The summed E-state index contributed by atoms with van der Waals surface area (Å²) in [7, 11) is 0. The molecule has 6 heteroatoms. The lowest BCUT2D eigenvalue weighted by atomic mass is 10.1. The van der Waals surface area contributed by atoms with Crippen LogP contribution < -0.4 is 15.8 Å². The van der Waals surface area contributed by atoms with Gasteiger partial charge in [0, 0.05) is 18.7 Å². The average molecular weight is 342 g/mol. The highest BCUT2D eigenvalue weighted by Gasteiger charge is 2.06. The third-order valence-corrected chi connectivity index (χ3v) is 3.49. The molecule has 25 heavy (non-hydrogen) atoms. The summed E-state index contributed by atoms with van der Waals surface area (Å²) in [6.45, 7) is 2.80. The van der Waals surface area contributed by atoms with Crippen LogP contribution in [0.3, 0.4) is 0 Å². The van der Waals surface area contributed by atoms with Gasteiger partial charge in [-0.2, -0.15) is 0 Å². The van der Waals surface area contributed by atoms with E-state index in [1.54, 1.807) is 31.2 Å². The van der Waals surface area contributed by atoms with Gasteiger partial charge < -0.3 is 20.5 Å². The zero-order valence-electron chi connectivity index (χ0n) is 14.2. The maximum Gasteiger partial charge on any atom is 0.344 e. The molecule has 0 aliphatic carbocycles. The predicted octanol–water partition coefficient (Wildman–Crippen LogP) is 2.02. The Kier molecular flexibility index (Phi) is 6.98. The normalized spacial score (nSPS) is 10.2. The fourth-order valence-electron chi connectivity index (χ4n) is 2.13. The molecular formula is C19H22N2O4. The molecular weight excluding hydrogens is 320 g/mol. The van der Waals surface area contributed by atoms with Gasteiger partial charge in [-0.3, -0.25) is 4.79 Å². The molecule has 3 N–H and O–H groups in total. The van der Waals surface area contributed by atoms with E-state index in [2.05, 4.69) is 5.32 Å². The van der Waals surface area contributed by atoms with Crippen molar-refractivity contribution in [3.05, 3.63) is 65.2 Å². The number of ether oxygens (including phenoxy) is 2. The molecule has 0 aliphatic heterocycles. The van der Waals surface area contributed by atoms with E-state index in [1.165, 1.54) is 0 Å². The first-order chi connectivity index (χ1) is 12.1. The smallest absolute Gasteiger partial charge is 0.344 e. The number of carbonyl (C=O) groups excluding carboxylic acids is 2. The van der Waals surface area contributed by atoms with Crippen molar-refractivity contribution in [2.24, 2.45) is 5.73 Å². The Hall–Kier alpha value is -2.86. The third-order valence-electron chi connectivity index (χ3n) is 3.49. The molecule has 0 fully saturated rings. The number of carbonyl (C=O) groups is 2. The van der Waals surface area contributed by atoms with Crippen LogP contribution in [0.25, 0.3) is 0 Å². The van der Waals surface area contributed by atoms with Crippen molar-refractivity contribution in [2.75, 3.05) is 13.2 Å². The Morgan fingerprint density at radius 2 is 1.64 bits per heavy atom. The van der Waals surface area contributed by atoms with E-state index in [0.29, 0.717) is 31.0 Å². The lowest BCUT2D eigenvalue weighted by molar-refractivity contribution is -0.145. The molecule has 0 aliphatic rings. The number of hydrogen-bond donors (Lipinski definition) is 2. The third kappa shape index (κ3) is 5.93. The second-order valence-corrected chi connectivity index (χ2v) is 5.32. The monoisotopic (exact) mass is 342 g/mol. The summed E-state index contributed by atoms with van der Waals surface area (Å²) in [4.78, 5) is 23.3. The number of esters is 1. The van der Waals surface area contributed by atoms with E-state index in [4.69, 9.17) is 15.2 Å². The summed E-state index contributed by atoms with van der Waals surface area (Å²) in [5.74, 6) is 0.0196. The van der Waals surface area contributed by atoms with Crippen LogP contribution in [0.15, 0.2) is 48.5 Å². The standard InChI is InChI=1S/C19H22N2O4/c1-2-24-18(22)13-25-17-9-5-15(6-10-17)12-21-19(23)16-7-3-14(11-20)4-8-16/h3-10H,2,11-13,20H2,1H3,(H,21,23). The lowest BCUT2D eigenvalue weighted by Crippen LogP contribution is -2.22. The number of benzene rings is 2. The van der Waals surface area contributed by atoms with Gasteiger partial charge in [-0.15, -0.1) is 0 Å². The van der Waals surface area contributed by atoms with E-state index in [9.17, 15) is 9.59 Å². The van der Waals surface area contributed by atoms with Crippen molar-refractivity contribution >= 4 is 11.9 Å². The first-order valence-corrected chi connectivity index (χ1v) is 8.07. The van der Waals surface area contributed by atoms with E-state index < -0.39 is 5.97 Å². The molecule has 0 aromatic heterocycles. The maximum atomic E-state index is 12.1. The van der Waals surface area contributed by atoms with Gasteiger partial charge in [-0.25, -0.2) is 4.79 Å². The topological polar surface area (TPSA) is 90.6 Å². The first-order valence-electron chi connectivity index (χ1n) is 8.07. The molecule has 6 nitrogen and oxygen atoms in total. The number of rotatable bonds is 8. The maximum absolute atomic E-state index is 12.1. The van der Waals surface area contributed by atoms with Gasteiger partial charge in [0.1, 0.15) is 5.75 Å². The highest BCUT2D eigenvalue weighted by Crippen LogP contribution is 2.12. The van der Waals surface area contributed by atoms with Gasteiger partial charge in [0.15, 0.2) is 6.61 Å². The summed E-state index contributed by atoms with van der Waals surface area (Å²) < 4.78 is 10.1. The van der Waals surface area contributed by atoms with Crippen molar-refractivity contribution in [1.82, 2.24) is 5.32 Å². The van der Waals surface area contributed by atoms with Gasteiger partial charge in [0.2, 0.25) is 0 Å². The van der Waals surface area contributed by atoms with Gasteiger partial charge >= 0.3 is 5.97 Å². The van der Waals surface area contributed by atoms with E-state index in [0.717, 1.165) is 11.1 Å². The first kappa shape index (κ1) is 18.5. The molecule has 0 saturated heterocycles. The fraction of sp³-hybridized carbons (Fsp3) is 0.263. The van der Waals surface area contributed by atoms with Crippen LogP contribution in [0.5, 0.6) is 5.75 Å². The molecule has 0 bridgehead atoms. The van der Waals surface area contributed by atoms with Crippen LogP contribution in [-0.2, 0) is 22.6 Å². The fourth-order valence-corrected chi connectivity index (χ4v) is 2.13. The highest BCUT2D eigenvalue weighted by atomic mass is 16.6. The molecule has 2 aromatic rings. The van der Waals surface area contributed by atoms with Gasteiger partial charge in [0.25, 0.3) is 5.91 Å². The number of amides is 1. The number of nitrogens with one attached hydrogen (secondary N) is 1. The Morgan fingerprint density at radius 3 is 2.24 bits per heavy atom. The largest absolute Gasteiger partial charge is 0.482 e. The van der Waals surface area contributed by atoms with Crippen LogP contribution in [0, 0.1) is 0 Å². The molecule has 2 aromatic carbocycles. The molecule has 1 amide bonds. The van der Waals surface area contributed by atoms with Gasteiger partial charge in [0.05, 0.1) is 6.61 Å². The van der Waals surface area contributed by atoms with E-state index in [1.807, 2.05) is 24.3 Å². The highest BCUT2D eigenvalue weighted by molar-refractivity contribution is 5.94. The summed E-state index contributed by atoms with van der Waals surface area (Å²) >= 11 is 0. The Bertz CT molecular complexity index is 696. The lowest BCUT2D eigenvalue weighted by Gasteiger charge is -2.08. The molecule has 132 valence electrons. The summed E-state index contributed by atoms with van der Waals surface area (Å²) in [6.07, 6.45) is 0. The SMILES string of the molecule is CCOC(=O)COc1ccc(CNC(=O)c2ccc(CN)cc2)cc1. The minimum Gasteiger partial charge on any atom is -0.482 e. The molecule has 0 unspecified atom stereocenters.